The van der Waals surface area contributed by atoms with E-state index in [1.54, 1.807) is 27.8 Å². The number of benzene rings is 1. The van der Waals surface area contributed by atoms with Gasteiger partial charge in [0.15, 0.2) is 0 Å². The average Bonchev–Trinajstić information content (AvgIpc) is 2.92. The van der Waals surface area contributed by atoms with Gasteiger partial charge in [-0.2, -0.15) is 0 Å². The van der Waals surface area contributed by atoms with Crippen molar-refractivity contribution in [1.82, 2.24) is 5.32 Å². The van der Waals surface area contributed by atoms with Gasteiger partial charge in [-0.3, -0.25) is 0 Å². The molecule has 3 rings (SSSR count). The topological polar surface area (TPSA) is 12.0 Å². The highest BCUT2D eigenvalue weighted by Gasteiger charge is 2.26. The summed E-state index contributed by atoms with van der Waals surface area (Å²) in [5.74, 6) is 0. The number of rotatable bonds is 2. The molecule has 0 atom stereocenters. The number of fused-ring (bicyclic) bond motifs is 2. The molecule has 16 heavy (non-hydrogen) atoms. The summed E-state index contributed by atoms with van der Waals surface area (Å²) < 4.78 is 1.45. The third-order valence-corrected chi connectivity index (χ3v) is 5.00. The molecule has 0 radical (unpaired) electrons. The van der Waals surface area contributed by atoms with E-state index >= 15 is 0 Å². The predicted molar refractivity (Wildman–Crippen MR) is 71.0 cm³/mol. The molecule has 0 bridgehead atoms. The van der Waals surface area contributed by atoms with Crippen LogP contribution in [-0.4, -0.2) is 7.05 Å². The lowest BCUT2D eigenvalue weighted by atomic mass is 9.94. The molecule has 0 saturated carbocycles. The summed E-state index contributed by atoms with van der Waals surface area (Å²) in [5.41, 5.74) is 8.17. The largest absolute Gasteiger partial charge is 0.316 e. The van der Waals surface area contributed by atoms with E-state index in [1.807, 2.05) is 0 Å². The fraction of sp³-hybridized carbons (Fsp3) is 0.571. The van der Waals surface area contributed by atoms with Gasteiger partial charge in [-0.15, -0.1) is 0 Å². The Balaban J connectivity index is 2.23. The van der Waals surface area contributed by atoms with Crippen LogP contribution in [0.5, 0.6) is 0 Å². The second-order valence-corrected chi connectivity index (χ2v) is 5.74. The molecule has 0 heterocycles. The number of hydrogen-bond donors (Lipinski definition) is 1. The second-order valence-electron chi connectivity index (χ2n) is 4.94. The van der Waals surface area contributed by atoms with E-state index in [1.165, 1.54) is 43.0 Å². The zero-order chi connectivity index (χ0) is 11.1. The van der Waals surface area contributed by atoms with Gasteiger partial charge in [0.05, 0.1) is 0 Å². The monoisotopic (exact) mass is 279 g/mol. The maximum absolute atomic E-state index is 3.85. The van der Waals surface area contributed by atoms with Crippen molar-refractivity contribution in [2.24, 2.45) is 0 Å². The summed E-state index contributed by atoms with van der Waals surface area (Å²) in [6, 6.07) is 0. The average molecular weight is 280 g/mol. The first-order valence-electron chi connectivity index (χ1n) is 6.31. The van der Waals surface area contributed by atoms with Crippen LogP contribution >= 0.6 is 15.9 Å². The van der Waals surface area contributed by atoms with E-state index in [4.69, 9.17) is 0 Å². The third-order valence-electron chi connectivity index (χ3n) is 4.05. The first kappa shape index (κ1) is 10.8. The molecular weight excluding hydrogens is 262 g/mol. The minimum Gasteiger partial charge on any atom is -0.316 e. The Kier molecular flexibility index (Phi) is 2.80. The lowest BCUT2D eigenvalue weighted by Gasteiger charge is -2.17. The molecule has 0 aromatic heterocycles. The van der Waals surface area contributed by atoms with Crippen LogP contribution < -0.4 is 5.32 Å². The third kappa shape index (κ3) is 1.46. The van der Waals surface area contributed by atoms with E-state index in [0.717, 1.165) is 6.54 Å². The summed E-state index contributed by atoms with van der Waals surface area (Å²) in [6.07, 6.45) is 7.82. The Bertz CT molecular complexity index is 402. The van der Waals surface area contributed by atoms with Crippen molar-refractivity contribution >= 4 is 15.9 Å². The van der Waals surface area contributed by atoms with Crippen molar-refractivity contribution < 1.29 is 0 Å². The standard InChI is InChI=1S/C14H18BrN/c1-16-8-13-9-4-2-6-11(9)14(15)12-7-3-5-10(12)13/h16H,2-8H2,1H3. The molecule has 0 spiro atoms. The van der Waals surface area contributed by atoms with Gasteiger partial charge in [0.25, 0.3) is 0 Å². The molecule has 2 aliphatic carbocycles. The number of nitrogens with one attached hydrogen (secondary N) is 1. The molecule has 0 unspecified atom stereocenters. The minimum atomic E-state index is 1.05. The molecular formula is C14H18BrN. The zero-order valence-corrected chi connectivity index (χ0v) is 11.4. The van der Waals surface area contributed by atoms with Crippen LogP contribution in [0.4, 0.5) is 0 Å². The molecule has 0 amide bonds. The van der Waals surface area contributed by atoms with Gasteiger partial charge >= 0.3 is 0 Å². The van der Waals surface area contributed by atoms with Crippen LogP contribution in [0.25, 0.3) is 0 Å². The fourth-order valence-corrected chi connectivity index (χ4v) is 4.27. The molecule has 1 nitrogen and oxygen atoms in total. The lowest BCUT2D eigenvalue weighted by molar-refractivity contribution is 0.790. The first-order chi connectivity index (χ1) is 7.83. The minimum absolute atomic E-state index is 1.05. The smallest absolute Gasteiger partial charge is 0.0245 e. The molecule has 0 aliphatic heterocycles. The Morgan fingerprint density at radius 3 is 1.94 bits per heavy atom. The molecule has 2 aliphatic rings. The summed E-state index contributed by atoms with van der Waals surface area (Å²) >= 11 is 3.85. The van der Waals surface area contributed by atoms with E-state index in [9.17, 15) is 0 Å². The first-order valence-corrected chi connectivity index (χ1v) is 7.10. The van der Waals surface area contributed by atoms with Crippen LogP contribution in [0.1, 0.15) is 40.7 Å². The summed E-state index contributed by atoms with van der Waals surface area (Å²) in [6.45, 7) is 1.05. The van der Waals surface area contributed by atoms with Crippen LogP contribution in [0.15, 0.2) is 4.47 Å². The highest BCUT2D eigenvalue weighted by molar-refractivity contribution is 9.10. The Hall–Kier alpha value is -0.340. The molecule has 86 valence electrons. The Labute approximate surface area is 106 Å². The van der Waals surface area contributed by atoms with Crippen molar-refractivity contribution in [3.8, 4) is 0 Å². The molecule has 0 saturated heterocycles. The van der Waals surface area contributed by atoms with E-state index < -0.39 is 0 Å². The van der Waals surface area contributed by atoms with Gasteiger partial charge in [0.2, 0.25) is 0 Å². The van der Waals surface area contributed by atoms with Crippen molar-refractivity contribution in [1.29, 1.82) is 0 Å². The number of hydrogen-bond acceptors (Lipinski definition) is 1. The van der Waals surface area contributed by atoms with Crippen molar-refractivity contribution in [3.63, 3.8) is 0 Å². The lowest BCUT2D eigenvalue weighted by Crippen LogP contribution is -2.11. The molecule has 2 heteroatoms. The zero-order valence-electron chi connectivity index (χ0n) is 9.83. The Morgan fingerprint density at radius 1 is 0.938 bits per heavy atom. The van der Waals surface area contributed by atoms with Crippen LogP contribution in [0.2, 0.25) is 0 Å². The van der Waals surface area contributed by atoms with Gasteiger partial charge in [-0.05, 0) is 73.4 Å². The van der Waals surface area contributed by atoms with Gasteiger partial charge in [-0.1, -0.05) is 15.9 Å². The highest BCUT2D eigenvalue weighted by atomic mass is 79.9. The molecule has 1 aromatic rings. The van der Waals surface area contributed by atoms with Gasteiger partial charge in [-0.25, -0.2) is 0 Å². The van der Waals surface area contributed by atoms with Crippen molar-refractivity contribution in [2.45, 2.75) is 45.1 Å². The quantitative estimate of drug-likeness (QED) is 0.877. The normalized spacial score (nSPS) is 17.6. The second kappa shape index (κ2) is 4.15. The van der Waals surface area contributed by atoms with Crippen LogP contribution in [0.3, 0.4) is 0 Å². The van der Waals surface area contributed by atoms with E-state index in [0.29, 0.717) is 0 Å². The summed E-state index contributed by atoms with van der Waals surface area (Å²) in [5, 5.41) is 3.35. The van der Waals surface area contributed by atoms with Gasteiger partial charge in [0.1, 0.15) is 0 Å². The van der Waals surface area contributed by atoms with Crippen LogP contribution in [0, 0.1) is 0 Å². The number of halogens is 1. The summed E-state index contributed by atoms with van der Waals surface area (Å²) in [4.78, 5) is 0. The van der Waals surface area contributed by atoms with Crippen molar-refractivity contribution in [2.75, 3.05) is 7.05 Å². The predicted octanol–water partition coefficient (Wildman–Crippen LogP) is 3.15. The van der Waals surface area contributed by atoms with Crippen molar-refractivity contribution in [3.05, 3.63) is 32.3 Å². The van der Waals surface area contributed by atoms with Gasteiger partial charge < -0.3 is 5.32 Å². The fourth-order valence-electron chi connectivity index (χ4n) is 3.39. The van der Waals surface area contributed by atoms with E-state index in [-0.39, 0.29) is 0 Å². The molecule has 1 N–H and O–H groups in total. The summed E-state index contributed by atoms with van der Waals surface area (Å²) in [7, 11) is 2.06. The SMILES string of the molecule is CNCc1c2c(c(Br)c3c1CCC3)CCC2. The maximum Gasteiger partial charge on any atom is 0.0245 e. The Morgan fingerprint density at radius 2 is 1.44 bits per heavy atom. The maximum atomic E-state index is 3.85. The van der Waals surface area contributed by atoms with Gasteiger partial charge in [0, 0.05) is 11.0 Å². The molecule has 1 aromatic carbocycles. The van der Waals surface area contributed by atoms with Crippen LogP contribution in [-0.2, 0) is 32.2 Å². The highest BCUT2D eigenvalue weighted by Crippen LogP contribution is 2.41. The molecule has 0 fully saturated rings. The van der Waals surface area contributed by atoms with E-state index in [2.05, 4.69) is 28.3 Å².